The van der Waals surface area contributed by atoms with E-state index in [4.69, 9.17) is 0 Å². The summed E-state index contributed by atoms with van der Waals surface area (Å²) in [6.07, 6.45) is 1.92. The Bertz CT molecular complexity index is 631. The third kappa shape index (κ3) is 5.68. The Morgan fingerprint density at radius 2 is 1.83 bits per heavy atom. The fourth-order valence-electron chi connectivity index (χ4n) is 2.04. The van der Waals surface area contributed by atoms with Gasteiger partial charge in [-0.1, -0.05) is 32.9 Å². The van der Waals surface area contributed by atoms with Crippen LogP contribution in [0.15, 0.2) is 24.3 Å². The van der Waals surface area contributed by atoms with E-state index in [0.29, 0.717) is 6.54 Å². The van der Waals surface area contributed by atoms with Crippen molar-refractivity contribution in [2.45, 2.75) is 40.2 Å². The van der Waals surface area contributed by atoms with Crippen molar-refractivity contribution in [2.75, 3.05) is 11.9 Å². The summed E-state index contributed by atoms with van der Waals surface area (Å²) in [5.41, 5.74) is 1.10. The van der Waals surface area contributed by atoms with Gasteiger partial charge in [0, 0.05) is 23.6 Å². The minimum Gasteiger partial charge on any atom is -0.350 e. The van der Waals surface area contributed by atoms with Gasteiger partial charge < -0.3 is 16.0 Å². The van der Waals surface area contributed by atoms with Gasteiger partial charge in [-0.15, -0.1) is 0 Å². The van der Waals surface area contributed by atoms with E-state index in [2.05, 4.69) is 16.0 Å². The van der Waals surface area contributed by atoms with Gasteiger partial charge in [0.15, 0.2) is 0 Å². The van der Waals surface area contributed by atoms with Gasteiger partial charge in [0.05, 0.1) is 6.54 Å². The van der Waals surface area contributed by atoms with E-state index in [1.54, 1.807) is 20.8 Å². The number of rotatable bonds is 6. The molecule has 0 aliphatic heterocycles. The van der Waals surface area contributed by atoms with E-state index in [-0.39, 0.29) is 30.2 Å². The molecule has 0 atom stereocenters. The smallest absolute Gasteiger partial charge is 0.239 e. The summed E-state index contributed by atoms with van der Waals surface area (Å²) >= 11 is 0. The van der Waals surface area contributed by atoms with Crippen LogP contribution in [0.25, 0.3) is 0 Å². The highest BCUT2D eigenvalue weighted by Gasteiger charge is 2.29. The van der Waals surface area contributed by atoms with Crippen molar-refractivity contribution in [1.29, 1.82) is 0 Å². The largest absolute Gasteiger partial charge is 0.350 e. The van der Waals surface area contributed by atoms with Gasteiger partial charge >= 0.3 is 0 Å². The van der Waals surface area contributed by atoms with Crippen LogP contribution >= 0.6 is 0 Å². The Labute approximate surface area is 142 Å². The second kappa shape index (κ2) is 7.47. The molecular formula is C18H25N3O3. The molecule has 1 fully saturated rings. The van der Waals surface area contributed by atoms with Crippen LogP contribution in [0.1, 0.15) is 39.2 Å². The van der Waals surface area contributed by atoms with Gasteiger partial charge in [0.2, 0.25) is 17.7 Å². The van der Waals surface area contributed by atoms with E-state index >= 15 is 0 Å². The normalized spacial score (nSPS) is 14.0. The van der Waals surface area contributed by atoms with Crippen molar-refractivity contribution in [1.82, 2.24) is 10.6 Å². The molecule has 0 radical (unpaired) electrons. The Morgan fingerprint density at radius 3 is 2.46 bits per heavy atom. The molecule has 1 aliphatic rings. The highest BCUT2D eigenvalue weighted by Crippen LogP contribution is 2.30. The lowest BCUT2D eigenvalue weighted by molar-refractivity contribution is -0.131. The van der Waals surface area contributed by atoms with Crippen molar-refractivity contribution in [2.24, 2.45) is 11.3 Å². The maximum absolute atomic E-state index is 11.8. The average molecular weight is 331 g/mol. The summed E-state index contributed by atoms with van der Waals surface area (Å²) in [6, 6.07) is 7.38. The van der Waals surface area contributed by atoms with Gasteiger partial charge in [0.1, 0.15) is 0 Å². The minimum atomic E-state index is -0.519. The van der Waals surface area contributed by atoms with Crippen LogP contribution in [0.2, 0.25) is 0 Å². The Balaban J connectivity index is 1.78. The number of nitrogens with one attached hydrogen (secondary N) is 3. The lowest BCUT2D eigenvalue weighted by Crippen LogP contribution is -2.41. The van der Waals surface area contributed by atoms with Crippen molar-refractivity contribution in [3.63, 3.8) is 0 Å². The lowest BCUT2D eigenvalue weighted by atomic mass is 9.96. The standard InChI is InChI=1S/C18H25N3O3/c1-18(2,3)17(24)20-11-15(22)19-10-12-5-4-6-14(9-12)21-16(23)13-7-8-13/h4-6,9,13H,7-8,10-11H2,1-3H3,(H,19,22)(H,20,24)(H,21,23). The number of amides is 3. The van der Waals surface area contributed by atoms with Gasteiger partial charge in [-0.25, -0.2) is 0 Å². The first-order chi connectivity index (χ1) is 11.3. The fraction of sp³-hybridized carbons (Fsp3) is 0.500. The minimum absolute atomic E-state index is 0.0474. The molecule has 1 aromatic carbocycles. The number of hydrogen-bond donors (Lipinski definition) is 3. The number of carbonyl (C=O) groups excluding carboxylic acids is 3. The molecule has 24 heavy (non-hydrogen) atoms. The van der Waals surface area contributed by atoms with E-state index in [1.807, 2.05) is 24.3 Å². The van der Waals surface area contributed by atoms with Gasteiger partial charge in [-0.2, -0.15) is 0 Å². The average Bonchev–Trinajstić information content (AvgIpc) is 3.34. The van der Waals surface area contributed by atoms with Crippen molar-refractivity contribution in [3.8, 4) is 0 Å². The topological polar surface area (TPSA) is 87.3 Å². The predicted octanol–water partition coefficient (Wildman–Crippen LogP) is 1.81. The van der Waals surface area contributed by atoms with E-state index in [9.17, 15) is 14.4 Å². The number of benzene rings is 1. The highest BCUT2D eigenvalue weighted by atomic mass is 16.2. The van der Waals surface area contributed by atoms with Crippen molar-refractivity contribution in [3.05, 3.63) is 29.8 Å². The molecule has 0 spiro atoms. The summed E-state index contributed by atoms with van der Waals surface area (Å²) in [6.45, 7) is 5.68. The molecule has 0 unspecified atom stereocenters. The molecule has 3 N–H and O–H groups in total. The summed E-state index contributed by atoms with van der Waals surface area (Å²) < 4.78 is 0. The molecule has 1 aromatic rings. The fourth-order valence-corrected chi connectivity index (χ4v) is 2.04. The van der Waals surface area contributed by atoms with Gasteiger partial charge in [-0.05, 0) is 30.5 Å². The van der Waals surface area contributed by atoms with Crippen LogP contribution in [0, 0.1) is 11.3 Å². The molecule has 1 aliphatic carbocycles. The monoisotopic (exact) mass is 331 g/mol. The molecular weight excluding hydrogens is 306 g/mol. The lowest BCUT2D eigenvalue weighted by Gasteiger charge is -2.17. The van der Waals surface area contributed by atoms with E-state index < -0.39 is 5.41 Å². The Hall–Kier alpha value is -2.37. The molecule has 0 aromatic heterocycles. The SMILES string of the molecule is CC(C)(C)C(=O)NCC(=O)NCc1cccc(NC(=O)C2CC2)c1. The molecule has 0 saturated heterocycles. The second-order valence-corrected chi connectivity index (χ2v) is 7.17. The van der Waals surface area contributed by atoms with Gasteiger partial charge in [0.25, 0.3) is 0 Å². The van der Waals surface area contributed by atoms with Crippen LogP contribution in [-0.2, 0) is 20.9 Å². The summed E-state index contributed by atoms with van der Waals surface area (Å²) in [5, 5.41) is 8.24. The van der Waals surface area contributed by atoms with Crippen LogP contribution in [0.5, 0.6) is 0 Å². The Morgan fingerprint density at radius 1 is 1.12 bits per heavy atom. The number of carbonyl (C=O) groups is 3. The summed E-state index contributed by atoms with van der Waals surface area (Å²) in [5.74, 6) is -0.205. The van der Waals surface area contributed by atoms with Gasteiger partial charge in [-0.3, -0.25) is 14.4 Å². The zero-order valence-electron chi connectivity index (χ0n) is 14.4. The molecule has 0 bridgehead atoms. The first-order valence-corrected chi connectivity index (χ1v) is 8.20. The second-order valence-electron chi connectivity index (χ2n) is 7.17. The Kier molecular flexibility index (Phi) is 5.59. The zero-order valence-corrected chi connectivity index (χ0v) is 14.4. The van der Waals surface area contributed by atoms with Crippen LogP contribution < -0.4 is 16.0 Å². The van der Waals surface area contributed by atoms with Crippen LogP contribution in [-0.4, -0.2) is 24.3 Å². The first kappa shape index (κ1) is 18.0. The van der Waals surface area contributed by atoms with Crippen molar-refractivity contribution < 1.29 is 14.4 Å². The number of hydrogen-bond acceptors (Lipinski definition) is 3. The molecule has 3 amide bonds. The molecule has 130 valence electrons. The van der Waals surface area contributed by atoms with Crippen LogP contribution in [0.3, 0.4) is 0 Å². The van der Waals surface area contributed by atoms with E-state index in [1.165, 1.54) is 0 Å². The highest BCUT2D eigenvalue weighted by molar-refractivity contribution is 5.94. The molecule has 1 saturated carbocycles. The maximum Gasteiger partial charge on any atom is 0.239 e. The molecule has 6 nitrogen and oxygen atoms in total. The maximum atomic E-state index is 11.8. The quantitative estimate of drug-likeness (QED) is 0.743. The summed E-state index contributed by atoms with van der Waals surface area (Å²) in [4.78, 5) is 35.3. The van der Waals surface area contributed by atoms with Crippen molar-refractivity contribution >= 4 is 23.4 Å². The molecule has 6 heteroatoms. The predicted molar refractivity (Wildman–Crippen MR) is 92.1 cm³/mol. The third-order valence-corrected chi connectivity index (χ3v) is 3.72. The van der Waals surface area contributed by atoms with E-state index in [0.717, 1.165) is 24.1 Å². The molecule has 0 heterocycles. The third-order valence-electron chi connectivity index (χ3n) is 3.72. The number of anilines is 1. The molecule has 2 rings (SSSR count). The zero-order chi connectivity index (χ0) is 17.7. The van der Waals surface area contributed by atoms with Crippen LogP contribution in [0.4, 0.5) is 5.69 Å². The first-order valence-electron chi connectivity index (χ1n) is 8.20. The summed E-state index contributed by atoms with van der Waals surface area (Å²) in [7, 11) is 0.